The molecule has 2 aromatic carbocycles. The highest BCUT2D eigenvalue weighted by Gasteiger charge is 2.27. The zero-order valence-electron chi connectivity index (χ0n) is 16.4. The summed E-state index contributed by atoms with van der Waals surface area (Å²) < 4.78 is 13.4. The molecule has 0 unspecified atom stereocenters. The minimum atomic E-state index is -0.269. The lowest BCUT2D eigenvalue weighted by Gasteiger charge is -2.37. The minimum Gasteiger partial charge on any atom is -0.462 e. The summed E-state index contributed by atoms with van der Waals surface area (Å²) in [5.74, 6) is -0.269. The van der Waals surface area contributed by atoms with Crippen LogP contribution in [0.15, 0.2) is 36.4 Å². The van der Waals surface area contributed by atoms with Crippen LogP contribution in [0.25, 0.3) is 21.8 Å². The van der Waals surface area contributed by atoms with E-state index >= 15 is 0 Å². The molecule has 0 radical (unpaired) electrons. The van der Waals surface area contributed by atoms with Crippen LogP contribution in [0.4, 0.5) is 5.69 Å². The Hall–Kier alpha value is -2.53. The quantitative estimate of drug-likeness (QED) is 0.654. The number of para-hydroxylation sites is 1. The Morgan fingerprint density at radius 3 is 2.52 bits per heavy atom. The maximum absolute atomic E-state index is 12.8. The van der Waals surface area contributed by atoms with E-state index in [1.165, 1.54) is 0 Å². The van der Waals surface area contributed by atoms with Crippen LogP contribution in [-0.4, -0.2) is 42.4 Å². The zero-order valence-corrected chi connectivity index (χ0v) is 16.4. The maximum Gasteiger partial charge on any atom is 0.340 e. The predicted molar refractivity (Wildman–Crippen MR) is 109 cm³/mol. The molecule has 4 rings (SSSR count). The van der Waals surface area contributed by atoms with Gasteiger partial charge in [0, 0.05) is 36.4 Å². The Bertz CT molecular complexity index is 998. The van der Waals surface area contributed by atoms with E-state index in [-0.39, 0.29) is 18.2 Å². The van der Waals surface area contributed by atoms with Gasteiger partial charge in [0.1, 0.15) is 0 Å². The Labute approximate surface area is 159 Å². The molecule has 0 spiro atoms. The van der Waals surface area contributed by atoms with Gasteiger partial charge in [-0.25, -0.2) is 4.79 Å². The van der Waals surface area contributed by atoms with Crippen molar-refractivity contribution in [3.63, 3.8) is 0 Å². The number of aromatic nitrogens is 1. The van der Waals surface area contributed by atoms with Crippen LogP contribution in [0.3, 0.4) is 0 Å². The molecule has 1 aliphatic heterocycles. The fourth-order valence-electron chi connectivity index (χ4n) is 4.20. The summed E-state index contributed by atoms with van der Waals surface area (Å²) in [6.07, 6.45) is 0.235. The molecule has 2 atom stereocenters. The van der Waals surface area contributed by atoms with Gasteiger partial charge in [-0.2, -0.15) is 0 Å². The molecule has 1 aromatic heterocycles. The summed E-state index contributed by atoms with van der Waals surface area (Å²) in [4.78, 5) is 15.0. The van der Waals surface area contributed by atoms with Gasteiger partial charge in [0.15, 0.2) is 0 Å². The average molecular weight is 366 g/mol. The number of hydrogen-bond donors (Lipinski definition) is 0. The molecule has 1 fully saturated rings. The molecule has 0 aliphatic carbocycles. The zero-order chi connectivity index (χ0) is 19.1. The third kappa shape index (κ3) is 3.06. The molecule has 2 heterocycles. The van der Waals surface area contributed by atoms with Crippen molar-refractivity contribution in [2.45, 2.75) is 33.0 Å². The minimum absolute atomic E-state index is 0.118. The van der Waals surface area contributed by atoms with Crippen LogP contribution >= 0.6 is 0 Å². The number of hydrogen-bond acceptors (Lipinski definition) is 4. The Morgan fingerprint density at radius 1 is 1.11 bits per heavy atom. The largest absolute Gasteiger partial charge is 0.462 e. The highest BCUT2D eigenvalue weighted by atomic mass is 16.5. The summed E-state index contributed by atoms with van der Waals surface area (Å²) in [7, 11) is 2.07. The van der Waals surface area contributed by atoms with Gasteiger partial charge in [-0.05, 0) is 39.0 Å². The third-order valence-corrected chi connectivity index (χ3v) is 5.29. The summed E-state index contributed by atoms with van der Waals surface area (Å²) in [5.41, 5.74) is 3.82. The van der Waals surface area contributed by atoms with Crippen LogP contribution in [0.2, 0.25) is 0 Å². The Balaban J connectivity index is 1.95. The molecule has 0 N–H and O–H groups in total. The lowest BCUT2D eigenvalue weighted by atomic mass is 10.0. The highest BCUT2D eigenvalue weighted by molar-refractivity contribution is 6.12. The van der Waals surface area contributed by atoms with E-state index in [0.717, 1.165) is 40.6 Å². The predicted octanol–water partition coefficient (Wildman–Crippen LogP) is 4.12. The average Bonchev–Trinajstić information content (AvgIpc) is 2.92. The van der Waals surface area contributed by atoms with Gasteiger partial charge in [0.2, 0.25) is 0 Å². The number of carbonyl (C=O) groups excluding carboxylic acids is 1. The first-order valence-corrected chi connectivity index (χ1v) is 9.58. The molecular formula is C22H26N2O3. The monoisotopic (exact) mass is 366 g/mol. The van der Waals surface area contributed by atoms with Gasteiger partial charge in [0.05, 0.1) is 35.6 Å². The standard InChI is InChI=1S/C22H26N2O3/c1-5-26-22(25)18-10-17-16-8-6-7-9-19(16)23(4)20(17)11-21(18)24-12-14(2)27-15(3)13-24/h6-11,14-15H,5,12-13H2,1-4H3/t14-,15-/m0/s1. The van der Waals surface area contributed by atoms with E-state index in [9.17, 15) is 4.79 Å². The first-order chi connectivity index (χ1) is 13.0. The highest BCUT2D eigenvalue weighted by Crippen LogP contribution is 2.35. The molecule has 5 heteroatoms. The molecular weight excluding hydrogens is 340 g/mol. The van der Waals surface area contributed by atoms with Crippen LogP contribution in [-0.2, 0) is 16.5 Å². The number of benzene rings is 2. The van der Waals surface area contributed by atoms with E-state index in [1.54, 1.807) is 0 Å². The Morgan fingerprint density at radius 2 is 1.81 bits per heavy atom. The first kappa shape index (κ1) is 17.9. The van der Waals surface area contributed by atoms with Crippen molar-refractivity contribution in [1.82, 2.24) is 4.57 Å². The van der Waals surface area contributed by atoms with Gasteiger partial charge in [-0.1, -0.05) is 18.2 Å². The third-order valence-electron chi connectivity index (χ3n) is 5.29. The van der Waals surface area contributed by atoms with E-state index in [4.69, 9.17) is 9.47 Å². The number of carbonyl (C=O) groups is 1. The molecule has 0 saturated carbocycles. The van der Waals surface area contributed by atoms with Crippen molar-refractivity contribution < 1.29 is 14.3 Å². The molecule has 5 nitrogen and oxygen atoms in total. The van der Waals surface area contributed by atoms with Gasteiger partial charge >= 0.3 is 5.97 Å². The molecule has 3 aromatic rings. The molecule has 0 bridgehead atoms. The fourth-order valence-corrected chi connectivity index (χ4v) is 4.20. The van der Waals surface area contributed by atoms with Gasteiger partial charge in [0.25, 0.3) is 0 Å². The molecule has 1 aliphatic rings. The van der Waals surface area contributed by atoms with Gasteiger partial charge < -0.3 is 18.9 Å². The second kappa shape index (κ2) is 6.89. The van der Waals surface area contributed by atoms with E-state index in [0.29, 0.717) is 12.2 Å². The number of aryl methyl sites for hydroxylation is 1. The Kier molecular flexibility index (Phi) is 4.56. The van der Waals surface area contributed by atoms with Crippen molar-refractivity contribution in [2.24, 2.45) is 7.05 Å². The van der Waals surface area contributed by atoms with E-state index in [2.05, 4.69) is 48.6 Å². The molecule has 27 heavy (non-hydrogen) atoms. The van der Waals surface area contributed by atoms with Crippen molar-refractivity contribution in [3.8, 4) is 0 Å². The van der Waals surface area contributed by atoms with Crippen molar-refractivity contribution in [3.05, 3.63) is 42.0 Å². The number of anilines is 1. The molecule has 142 valence electrons. The second-order valence-electron chi connectivity index (χ2n) is 7.35. The number of fused-ring (bicyclic) bond motifs is 3. The summed E-state index contributed by atoms with van der Waals surface area (Å²) >= 11 is 0. The lowest BCUT2D eigenvalue weighted by Crippen LogP contribution is -2.46. The van der Waals surface area contributed by atoms with Crippen LogP contribution in [0, 0.1) is 0 Å². The fraction of sp³-hybridized carbons (Fsp3) is 0.409. The summed E-state index contributed by atoms with van der Waals surface area (Å²) in [5, 5.41) is 2.23. The maximum atomic E-state index is 12.8. The topological polar surface area (TPSA) is 43.7 Å². The van der Waals surface area contributed by atoms with E-state index < -0.39 is 0 Å². The first-order valence-electron chi connectivity index (χ1n) is 9.58. The lowest BCUT2D eigenvalue weighted by molar-refractivity contribution is -0.00534. The SMILES string of the molecule is CCOC(=O)c1cc2c3ccccc3n(C)c2cc1N1C[C@H](C)O[C@@H](C)C1. The molecule has 1 saturated heterocycles. The number of morpholine rings is 1. The van der Waals surface area contributed by atoms with Crippen molar-refractivity contribution in [1.29, 1.82) is 0 Å². The summed E-state index contributed by atoms with van der Waals surface area (Å²) in [6, 6.07) is 12.4. The summed E-state index contributed by atoms with van der Waals surface area (Å²) in [6.45, 7) is 7.86. The number of nitrogens with zero attached hydrogens (tertiary/aromatic N) is 2. The van der Waals surface area contributed by atoms with Crippen LogP contribution < -0.4 is 4.90 Å². The number of ether oxygens (including phenoxy) is 2. The van der Waals surface area contributed by atoms with Gasteiger partial charge in [-0.15, -0.1) is 0 Å². The van der Waals surface area contributed by atoms with Crippen molar-refractivity contribution in [2.75, 3.05) is 24.6 Å². The van der Waals surface area contributed by atoms with Crippen LogP contribution in [0.1, 0.15) is 31.1 Å². The van der Waals surface area contributed by atoms with E-state index in [1.807, 2.05) is 25.1 Å². The normalized spacial score (nSPS) is 20.4. The number of rotatable bonds is 3. The smallest absolute Gasteiger partial charge is 0.340 e. The van der Waals surface area contributed by atoms with Crippen molar-refractivity contribution >= 4 is 33.5 Å². The second-order valence-corrected chi connectivity index (χ2v) is 7.35. The van der Waals surface area contributed by atoms with Gasteiger partial charge in [-0.3, -0.25) is 0 Å². The number of esters is 1. The molecule has 0 amide bonds. The van der Waals surface area contributed by atoms with Crippen LogP contribution in [0.5, 0.6) is 0 Å².